The number of nitrogens with one attached hydrogen (secondary N) is 1. The highest BCUT2D eigenvalue weighted by atomic mass is 19.2. The monoisotopic (exact) mass is 294 g/mol. The number of hydrazine groups is 1. The Morgan fingerprint density at radius 1 is 1.00 bits per heavy atom. The zero-order valence-corrected chi connectivity index (χ0v) is 11.7. The van der Waals surface area contributed by atoms with Gasteiger partial charge < -0.3 is 0 Å². The number of nitrogens with two attached hydrogens (primary N) is 1. The van der Waals surface area contributed by atoms with Crippen molar-refractivity contribution in [1.82, 2.24) is 5.43 Å². The third-order valence-corrected chi connectivity index (χ3v) is 3.36. The van der Waals surface area contributed by atoms with E-state index >= 15 is 0 Å². The first-order valence-corrected chi connectivity index (χ1v) is 6.76. The minimum absolute atomic E-state index is 0.233. The summed E-state index contributed by atoms with van der Waals surface area (Å²) in [5, 5.41) is 0. The molecule has 0 radical (unpaired) electrons. The molecule has 0 aromatic heterocycles. The van der Waals surface area contributed by atoms with Gasteiger partial charge in [-0.05, 0) is 35.2 Å². The molecule has 0 bridgehead atoms. The van der Waals surface area contributed by atoms with Crippen LogP contribution in [0.2, 0.25) is 0 Å². The fourth-order valence-electron chi connectivity index (χ4n) is 2.29. The number of halogens is 3. The summed E-state index contributed by atoms with van der Waals surface area (Å²) in [5.41, 5.74) is 4.66. The highest BCUT2D eigenvalue weighted by Crippen LogP contribution is 2.25. The summed E-state index contributed by atoms with van der Waals surface area (Å²) in [4.78, 5) is 0. The van der Waals surface area contributed by atoms with Crippen LogP contribution in [0.1, 0.15) is 36.1 Å². The normalized spacial score (nSPS) is 12.4. The van der Waals surface area contributed by atoms with E-state index in [0.29, 0.717) is 0 Å². The Labute approximate surface area is 121 Å². The maximum absolute atomic E-state index is 13.3. The lowest BCUT2D eigenvalue weighted by molar-refractivity contribution is 0.442. The molecular weight excluding hydrogens is 277 g/mol. The molecule has 112 valence electrons. The molecule has 21 heavy (non-hydrogen) atoms. The zero-order valence-electron chi connectivity index (χ0n) is 11.7. The van der Waals surface area contributed by atoms with Crippen LogP contribution in [0.15, 0.2) is 36.4 Å². The molecule has 0 heterocycles. The first-order valence-electron chi connectivity index (χ1n) is 6.76. The molecule has 1 atom stereocenters. The summed E-state index contributed by atoms with van der Waals surface area (Å²) in [6.45, 7) is 2.09. The number of rotatable bonds is 5. The quantitative estimate of drug-likeness (QED) is 0.502. The zero-order chi connectivity index (χ0) is 15.4. The van der Waals surface area contributed by atoms with Gasteiger partial charge in [0.2, 0.25) is 0 Å². The standard InChI is InChI=1S/C16H17F3N2/c1-2-3-10-4-6-11(7-5-10)16(21-20)12-8-13(17)15(19)14(18)9-12/h4-9,16,21H,2-3,20H2,1H3. The molecule has 0 fully saturated rings. The Morgan fingerprint density at radius 3 is 2.05 bits per heavy atom. The summed E-state index contributed by atoms with van der Waals surface area (Å²) < 4.78 is 39.7. The van der Waals surface area contributed by atoms with Crippen molar-refractivity contribution < 1.29 is 13.2 Å². The van der Waals surface area contributed by atoms with E-state index < -0.39 is 23.5 Å². The molecule has 0 spiro atoms. The lowest BCUT2D eigenvalue weighted by atomic mass is 9.97. The largest absolute Gasteiger partial charge is 0.271 e. The molecule has 0 saturated carbocycles. The second-order valence-electron chi connectivity index (χ2n) is 4.89. The van der Waals surface area contributed by atoms with Gasteiger partial charge in [-0.25, -0.2) is 18.6 Å². The van der Waals surface area contributed by atoms with Crippen molar-refractivity contribution in [3.05, 3.63) is 70.5 Å². The van der Waals surface area contributed by atoms with E-state index in [1.807, 2.05) is 24.3 Å². The smallest absolute Gasteiger partial charge is 0.194 e. The number of hydrogen-bond acceptors (Lipinski definition) is 2. The number of aryl methyl sites for hydroxylation is 1. The van der Waals surface area contributed by atoms with Crippen LogP contribution in [0, 0.1) is 17.5 Å². The first-order chi connectivity index (χ1) is 10.1. The van der Waals surface area contributed by atoms with Crippen LogP contribution in [-0.2, 0) is 6.42 Å². The van der Waals surface area contributed by atoms with Crippen LogP contribution in [0.5, 0.6) is 0 Å². The second kappa shape index (κ2) is 6.74. The Bertz CT molecular complexity index is 588. The van der Waals surface area contributed by atoms with Gasteiger partial charge in [0.25, 0.3) is 0 Å². The fraction of sp³-hybridized carbons (Fsp3) is 0.250. The number of hydrogen-bond donors (Lipinski definition) is 2. The summed E-state index contributed by atoms with van der Waals surface area (Å²) in [5.74, 6) is 1.55. The molecule has 2 rings (SSSR count). The minimum Gasteiger partial charge on any atom is -0.271 e. The average molecular weight is 294 g/mol. The third kappa shape index (κ3) is 3.43. The lowest BCUT2D eigenvalue weighted by Gasteiger charge is -2.18. The molecule has 0 aliphatic heterocycles. The van der Waals surface area contributed by atoms with Gasteiger partial charge in [-0.3, -0.25) is 5.84 Å². The van der Waals surface area contributed by atoms with Gasteiger partial charge in [0.1, 0.15) is 0 Å². The maximum Gasteiger partial charge on any atom is 0.194 e. The van der Waals surface area contributed by atoms with Gasteiger partial charge in [-0.2, -0.15) is 0 Å². The summed E-state index contributed by atoms with van der Waals surface area (Å²) in [6, 6.07) is 8.86. The summed E-state index contributed by atoms with van der Waals surface area (Å²) in [6.07, 6.45) is 1.99. The SMILES string of the molecule is CCCc1ccc(C(NN)c2cc(F)c(F)c(F)c2)cc1. The molecule has 2 aromatic rings. The van der Waals surface area contributed by atoms with Gasteiger partial charge in [0.15, 0.2) is 17.5 Å². The second-order valence-corrected chi connectivity index (χ2v) is 4.89. The van der Waals surface area contributed by atoms with E-state index in [1.54, 1.807) is 0 Å². The molecule has 0 saturated heterocycles. The molecule has 0 aliphatic carbocycles. The molecular formula is C16H17F3N2. The predicted octanol–water partition coefficient (Wildman–Crippen LogP) is 3.61. The van der Waals surface area contributed by atoms with E-state index in [-0.39, 0.29) is 5.56 Å². The van der Waals surface area contributed by atoms with Crippen molar-refractivity contribution >= 4 is 0 Å². The van der Waals surface area contributed by atoms with Gasteiger partial charge in [0, 0.05) is 0 Å². The Balaban J connectivity index is 2.35. The van der Waals surface area contributed by atoms with Crippen LogP contribution in [0.25, 0.3) is 0 Å². The van der Waals surface area contributed by atoms with Gasteiger partial charge >= 0.3 is 0 Å². The molecule has 1 unspecified atom stereocenters. The topological polar surface area (TPSA) is 38.0 Å². The van der Waals surface area contributed by atoms with E-state index in [9.17, 15) is 13.2 Å². The van der Waals surface area contributed by atoms with Gasteiger partial charge in [-0.1, -0.05) is 37.6 Å². The van der Waals surface area contributed by atoms with Crippen molar-refractivity contribution in [3.63, 3.8) is 0 Å². The maximum atomic E-state index is 13.3. The Kier molecular flexibility index (Phi) is 4.98. The van der Waals surface area contributed by atoms with Gasteiger partial charge in [0.05, 0.1) is 6.04 Å². The Morgan fingerprint density at radius 2 is 1.57 bits per heavy atom. The number of benzene rings is 2. The average Bonchev–Trinajstić information content (AvgIpc) is 2.47. The fourth-order valence-corrected chi connectivity index (χ4v) is 2.29. The molecule has 2 aromatic carbocycles. The van der Waals surface area contributed by atoms with Crippen molar-refractivity contribution in [3.8, 4) is 0 Å². The van der Waals surface area contributed by atoms with Crippen molar-refractivity contribution in [2.75, 3.05) is 0 Å². The van der Waals surface area contributed by atoms with Crippen LogP contribution in [-0.4, -0.2) is 0 Å². The lowest BCUT2D eigenvalue weighted by Crippen LogP contribution is -2.29. The van der Waals surface area contributed by atoms with E-state index in [1.165, 1.54) is 5.56 Å². The van der Waals surface area contributed by atoms with E-state index in [4.69, 9.17) is 5.84 Å². The van der Waals surface area contributed by atoms with E-state index in [0.717, 1.165) is 30.5 Å². The molecule has 2 nitrogen and oxygen atoms in total. The van der Waals surface area contributed by atoms with Crippen LogP contribution < -0.4 is 11.3 Å². The summed E-state index contributed by atoms with van der Waals surface area (Å²) >= 11 is 0. The van der Waals surface area contributed by atoms with Gasteiger partial charge in [-0.15, -0.1) is 0 Å². The van der Waals surface area contributed by atoms with Crippen LogP contribution in [0.4, 0.5) is 13.2 Å². The van der Waals surface area contributed by atoms with Crippen molar-refractivity contribution in [2.45, 2.75) is 25.8 Å². The Hall–Kier alpha value is -1.85. The third-order valence-electron chi connectivity index (χ3n) is 3.36. The molecule has 0 aliphatic rings. The van der Waals surface area contributed by atoms with Crippen LogP contribution >= 0.6 is 0 Å². The van der Waals surface area contributed by atoms with Crippen molar-refractivity contribution in [1.29, 1.82) is 0 Å². The predicted molar refractivity (Wildman–Crippen MR) is 75.9 cm³/mol. The highest BCUT2D eigenvalue weighted by Gasteiger charge is 2.18. The van der Waals surface area contributed by atoms with E-state index in [2.05, 4.69) is 12.3 Å². The van der Waals surface area contributed by atoms with Crippen molar-refractivity contribution in [2.24, 2.45) is 5.84 Å². The highest BCUT2D eigenvalue weighted by molar-refractivity contribution is 5.34. The molecule has 3 N–H and O–H groups in total. The molecule has 0 amide bonds. The first kappa shape index (κ1) is 15.5. The molecule has 5 heteroatoms. The van der Waals surface area contributed by atoms with Crippen LogP contribution in [0.3, 0.4) is 0 Å². The summed E-state index contributed by atoms with van der Waals surface area (Å²) in [7, 11) is 0. The minimum atomic E-state index is -1.48.